The van der Waals surface area contributed by atoms with Crippen LogP contribution in [0.25, 0.3) is 5.82 Å². The van der Waals surface area contributed by atoms with Crippen molar-refractivity contribution in [1.82, 2.24) is 24.9 Å². The van der Waals surface area contributed by atoms with Gasteiger partial charge in [0.1, 0.15) is 11.5 Å². The molecule has 4 aromatic rings. The van der Waals surface area contributed by atoms with E-state index in [1.54, 1.807) is 53.5 Å². The van der Waals surface area contributed by atoms with Gasteiger partial charge >= 0.3 is 0 Å². The van der Waals surface area contributed by atoms with Crippen molar-refractivity contribution in [1.29, 1.82) is 0 Å². The number of carbonyl (C=O) groups is 1. The highest BCUT2D eigenvalue weighted by atomic mass is 16.5. The lowest BCUT2D eigenvalue weighted by Crippen LogP contribution is -2.32. The average Bonchev–Trinajstić information content (AvgIpc) is 3.31. The van der Waals surface area contributed by atoms with Crippen LogP contribution in [-0.4, -0.2) is 32.0 Å². The molecule has 8 nitrogen and oxygen atoms in total. The zero-order valence-corrected chi connectivity index (χ0v) is 16.0. The molecular formula is C22H19N5O3. The van der Waals surface area contributed by atoms with Gasteiger partial charge < -0.3 is 10.1 Å². The molecule has 0 saturated carbocycles. The summed E-state index contributed by atoms with van der Waals surface area (Å²) >= 11 is 0. The Morgan fingerprint density at radius 1 is 0.967 bits per heavy atom. The van der Waals surface area contributed by atoms with E-state index in [0.29, 0.717) is 22.9 Å². The highest BCUT2D eigenvalue weighted by Crippen LogP contribution is 2.24. The lowest BCUT2D eigenvalue weighted by Gasteiger charge is -2.12. The molecule has 1 amide bonds. The maximum atomic E-state index is 12.7. The molecule has 0 aliphatic carbocycles. The van der Waals surface area contributed by atoms with E-state index in [2.05, 4.69) is 15.5 Å². The summed E-state index contributed by atoms with van der Waals surface area (Å²) in [6, 6.07) is 21.0. The topological polar surface area (TPSA) is 91.0 Å². The van der Waals surface area contributed by atoms with E-state index < -0.39 is 0 Å². The maximum Gasteiger partial charge on any atom is 0.266 e. The SMILES string of the molecule is O=C(NCCn1nc(-n2cccn2)ccc1=O)c1ccccc1Oc1ccccc1. The van der Waals surface area contributed by atoms with Crippen LogP contribution in [0.15, 0.2) is 90.0 Å². The Kier molecular flexibility index (Phi) is 5.66. The minimum Gasteiger partial charge on any atom is -0.457 e. The van der Waals surface area contributed by atoms with Crippen molar-refractivity contribution in [2.45, 2.75) is 6.54 Å². The molecule has 150 valence electrons. The van der Waals surface area contributed by atoms with Gasteiger partial charge in [0, 0.05) is 25.0 Å². The van der Waals surface area contributed by atoms with Crippen molar-refractivity contribution in [2.75, 3.05) is 6.54 Å². The van der Waals surface area contributed by atoms with Crippen LogP contribution in [-0.2, 0) is 6.54 Å². The number of hydrogen-bond acceptors (Lipinski definition) is 5. The summed E-state index contributed by atoms with van der Waals surface area (Å²) in [5.74, 6) is 1.33. The molecule has 0 aliphatic heterocycles. The highest BCUT2D eigenvalue weighted by Gasteiger charge is 2.13. The number of hydrogen-bond donors (Lipinski definition) is 1. The summed E-state index contributed by atoms with van der Waals surface area (Å²) in [6.07, 6.45) is 3.37. The third kappa shape index (κ3) is 4.44. The Morgan fingerprint density at radius 3 is 2.57 bits per heavy atom. The predicted molar refractivity (Wildman–Crippen MR) is 111 cm³/mol. The lowest BCUT2D eigenvalue weighted by atomic mass is 10.2. The smallest absolute Gasteiger partial charge is 0.266 e. The van der Waals surface area contributed by atoms with E-state index in [-0.39, 0.29) is 24.6 Å². The number of para-hydroxylation sites is 2. The standard InChI is InChI=1S/C22H19N5O3/c28-21-12-11-20(26-15-6-13-24-26)25-27(21)16-14-23-22(29)18-9-4-5-10-19(18)30-17-7-2-1-3-8-17/h1-13,15H,14,16H2,(H,23,29). The number of ether oxygens (including phenoxy) is 1. The summed E-state index contributed by atoms with van der Waals surface area (Å²) < 4.78 is 8.69. The van der Waals surface area contributed by atoms with Gasteiger partial charge in [-0.25, -0.2) is 9.36 Å². The Balaban J connectivity index is 1.43. The largest absolute Gasteiger partial charge is 0.457 e. The van der Waals surface area contributed by atoms with Crippen LogP contribution in [0.5, 0.6) is 11.5 Å². The van der Waals surface area contributed by atoms with E-state index in [0.717, 1.165) is 0 Å². The third-order valence-electron chi connectivity index (χ3n) is 4.30. The van der Waals surface area contributed by atoms with Crippen LogP contribution < -0.4 is 15.6 Å². The second-order valence-corrected chi connectivity index (χ2v) is 6.37. The molecular weight excluding hydrogens is 382 g/mol. The monoisotopic (exact) mass is 401 g/mol. The van der Waals surface area contributed by atoms with Gasteiger partial charge in [0.25, 0.3) is 11.5 Å². The van der Waals surface area contributed by atoms with Crippen LogP contribution in [0.2, 0.25) is 0 Å². The molecule has 1 N–H and O–H groups in total. The fourth-order valence-electron chi connectivity index (χ4n) is 2.85. The molecule has 0 spiro atoms. The minimum absolute atomic E-state index is 0.224. The van der Waals surface area contributed by atoms with Gasteiger partial charge in [0.05, 0.1) is 12.1 Å². The zero-order valence-electron chi connectivity index (χ0n) is 16.0. The molecule has 0 unspecified atom stereocenters. The van der Waals surface area contributed by atoms with E-state index in [1.165, 1.54) is 10.7 Å². The van der Waals surface area contributed by atoms with Gasteiger partial charge in [-0.2, -0.15) is 5.10 Å². The summed E-state index contributed by atoms with van der Waals surface area (Å²) in [7, 11) is 0. The van der Waals surface area contributed by atoms with Crippen LogP contribution in [0.1, 0.15) is 10.4 Å². The number of amides is 1. The fourth-order valence-corrected chi connectivity index (χ4v) is 2.85. The van der Waals surface area contributed by atoms with E-state index >= 15 is 0 Å². The lowest BCUT2D eigenvalue weighted by molar-refractivity contribution is 0.0949. The number of benzene rings is 2. The first-order valence-corrected chi connectivity index (χ1v) is 9.39. The summed E-state index contributed by atoms with van der Waals surface area (Å²) in [5, 5.41) is 11.2. The zero-order chi connectivity index (χ0) is 20.8. The quantitative estimate of drug-likeness (QED) is 0.514. The second-order valence-electron chi connectivity index (χ2n) is 6.37. The first-order chi connectivity index (χ1) is 14.7. The van der Waals surface area contributed by atoms with Crippen LogP contribution in [0.4, 0.5) is 0 Å². The summed E-state index contributed by atoms with van der Waals surface area (Å²) in [5.41, 5.74) is 0.153. The van der Waals surface area contributed by atoms with Crippen molar-refractivity contribution in [3.05, 3.63) is 101 Å². The summed E-state index contributed by atoms with van der Waals surface area (Å²) in [6.45, 7) is 0.454. The number of nitrogens with one attached hydrogen (secondary N) is 1. The third-order valence-corrected chi connectivity index (χ3v) is 4.30. The molecule has 0 atom stereocenters. The molecule has 0 aliphatic rings. The van der Waals surface area contributed by atoms with Crippen molar-refractivity contribution < 1.29 is 9.53 Å². The van der Waals surface area contributed by atoms with Gasteiger partial charge in [-0.3, -0.25) is 9.59 Å². The molecule has 30 heavy (non-hydrogen) atoms. The van der Waals surface area contributed by atoms with Crippen LogP contribution in [0.3, 0.4) is 0 Å². The van der Waals surface area contributed by atoms with E-state index in [1.807, 2.05) is 30.3 Å². The number of aromatic nitrogens is 4. The fraction of sp³-hybridized carbons (Fsp3) is 0.0909. The van der Waals surface area contributed by atoms with Gasteiger partial charge in [0.2, 0.25) is 0 Å². The number of carbonyl (C=O) groups excluding carboxylic acids is 1. The molecule has 0 fully saturated rings. The van der Waals surface area contributed by atoms with Gasteiger partial charge in [-0.1, -0.05) is 30.3 Å². The van der Waals surface area contributed by atoms with E-state index in [9.17, 15) is 9.59 Å². The molecule has 2 heterocycles. The number of rotatable bonds is 7. The summed E-state index contributed by atoms with van der Waals surface area (Å²) in [4.78, 5) is 24.8. The first kappa shape index (κ1) is 19.1. The molecule has 2 aromatic heterocycles. The van der Waals surface area contributed by atoms with Gasteiger partial charge in [-0.15, -0.1) is 5.10 Å². The molecule has 8 heteroatoms. The Bertz CT molecular complexity index is 1190. The molecule has 0 saturated heterocycles. The van der Waals surface area contributed by atoms with Crippen LogP contribution >= 0.6 is 0 Å². The van der Waals surface area contributed by atoms with Crippen molar-refractivity contribution in [3.63, 3.8) is 0 Å². The van der Waals surface area contributed by atoms with Crippen molar-refractivity contribution >= 4 is 5.91 Å². The second kappa shape index (κ2) is 8.87. The van der Waals surface area contributed by atoms with E-state index in [4.69, 9.17) is 4.74 Å². The number of nitrogens with zero attached hydrogens (tertiary/aromatic N) is 4. The Hall–Kier alpha value is -4.20. The van der Waals surface area contributed by atoms with Crippen molar-refractivity contribution in [2.24, 2.45) is 0 Å². The Morgan fingerprint density at radius 2 is 1.77 bits per heavy atom. The van der Waals surface area contributed by atoms with Gasteiger partial charge in [0.15, 0.2) is 5.82 Å². The predicted octanol–water partition coefficient (Wildman–Crippen LogP) is 2.65. The highest BCUT2D eigenvalue weighted by molar-refractivity contribution is 5.97. The van der Waals surface area contributed by atoms with Gasteiger partial charge in [-0.05, 0) is 36.4 Å². The minimum atomic E-state index is -0.294. The van der Waals surface area contributed by atoms with Crippen molar-refractivity contribution in [3.8, 4) is 17.3 Å². The first-order valence-electron chi connectivity index (χ1n) is 9.39. The molecule has 4 rings (SSSR count). The molecule has 0 radical (unpaired) electrons. The Labute approximate surface area is 172 Å². The molecule has 2 aromatic carbocycles. The maximum absolute atomic E-state index is 12.7. The molecule has 0 bridgehead atoms. The normalized spacial score (nSPS) is 10.5. The van der Waals surface area contributed by atoms with Crippen LogP contribution in [0, 0.1) is 0 Å². The average molecular weight is 401 g/mol.